The molecule has 0 aromatic heterocycles. The van der Waals surface area contributed by atoms with E-state index in [0.717, 1.165) is 29.5 Å². The highest BCUT2D eigenvalue weighted by Crippen LogP contribution is 2.49. The van der Waals surface area contributed by atoms with Crippen molar-refractivity contribution in [3.05, 3.63) is 34.4 Å². The summed E-state index contributed by atoms with van der Waals surface area (Å²) in [4.78, 5) is 26.3. The van der Waals surface area contributed by atoms with Gasteiger partial charge in [0.25, 0.3) is 0 Å². The minimum atomic E-state index is -0.724. The molecule has 2 fully saturated rings. The van der Waals surface area contributed by atoms with Gasteiger partial charge in [-0.15, -0.1) is 0 Å². The van der Waals surface area contributed by atoms with Crippen LogP contribution in [0.15, 0.2) is 12.1 Å². The molecule has 4 nitrogen and oxygen atoms in total. The molecule has 0 bridgehead atoms. The van der Waals surface area contributed by atoms with Crippen LogP contribution in [0.2, 0.25) is 0 Å². The largest absolute Gasteiger partial charge is 0.481 e. The van der Waals surface area contributed by atoms with Crippen LogP contribution in [0.25, 0.3) is 0 Å². The lowest BCUT2D eigenvalue weighted by molar-refractivity contribution is -0.149. The molecule has 0 unspecified atom stereocenters. The standard InChI is InChI=1S/C19H25NO3/c1-12-7-13(2)16(14(3)8-12)9-17(21)20-10-15-5-4-6-19(15,11-20)18(22)23/h7-8,15H,4-6,9-11H2,1-3H3,(H,22,23)/t15-,19+/m0/s1. The number of hydrogen-bond acceptors (Lipinski definition) is 2. The minimum Gasteiger partial charge on any atom is -0.481 e. The van der Waals surface area contributed by atoms with Gasteiger partial charge in [0.1, 0.15) is 0 Å². The topological polar surface area (TPSA) is 57.6 Å². The third-order valence-corrected chi connectivity index (χ3v) is 5.82. The zero-order valence-electron chi connectivity index (χ0n) is 14.2. The molecule has 1 saturated heterocycles. The van der Waals surface area contributed by atoms with Crippen LogP contribution >= 0.6 is 0 Å². The van der Waals surface area contributed by atoms with Crippen molar-refractivity contribution >= 4 is 11.9 Å². The summed E-state index contributed by atoms with van der Waals surface area (Å²) in [6, 6.07) is 4.21. The number of rotatable bonds is 3. The van der Waals surface area contributed by atoms with Gasteiger partial charge in [0.2, 0.25) is 5.91 Å². The summed E-state index contributed by atoms with van der Waals surface area (Å²) in [6.45, 7) is 7.13. The number of fused-ring (bicyclic) bond motifs is 1. The molecule has 1 aliphatic carbocycles. The highest BCUT2D eigenvalue weighted by molar-refractivity contribution is 5.83. The average molecular weight is 315 g/mol. The first-order valence-corrected chi connectivity index (χ1v) is 8.41. The molecule has 1 aliphatic heterocycles. The summed E-state index contributed by atoms with van der Waals surface area (Å²) < 4.78 is 0. The molecule has 1 aromatic carbocycles. The van der Waals surface area contributed by atoms with E-state index in [1.807, 2.05) is 13.8 Å². The van der Waals surface area contributed by atoms with Crippen molar-refractivity contribution < 1.29 is 14.7 Å². The lowest BCUT2D eigenvalue weighted by atomic mass is 9.81. The maximum Gasteiger partial charge on any atom is 0.311 e. The predicted octanol–water partition coefficient (Wildman–Crippen LogP) is 2.87. The maximum atomic E-state index is 12.7. The maximum absolute atomic E-state index is 12.7. The zero-order chi connectivity index (χ0) is 16.8. The van der Waals surface area contributed by atoms with E-state index in [2.05, 4.69) is 19.1 Å². The molecule has 1 saturated carbocycles. The van der Waals surface area contributed by atoms with Crippen LogP contribution in [0.1, 0.15) is 41.5 Å². The van der Waals surface area contributed by atoms with E-state index in [-0.39, 0.29) is 11.8 Å². The fraction of sp³-hybridized carbons (Fsp3) is 0.579. The smallest absolute Gasteiger partial charge is 0.311 e. The molecule has 1 amide bonds. The highest BCUT2D eigenvalue weighted by atomic mass is 16.4. The Hall–Kier alpha value is -1.84. The fourth-order valence-electron chi connectivity index (χ4n) is 4.58. The van der Waals surface area contributed by atoms with Gasteiger partial charge in [0.05, 0.1) is 11.8 Å². The number of amides is 1. The van der Waals surface area contributed by atoms with Crippen LogP contribution in [0.4, 0.5) is 0 Å². The van der Waals surface area contributed by atoms with Crippen LogP contribution in [0, 0.1) is 32.1 Å². The van der Waals surface area contributed by atoms with Gasteiger partial charge in [-0.05, 0) is 56.2 Å². The first kappa shape index (κ1) is 16.0. The first-order chi connectivity index (χ1) is 10.8. The summed E-state index contributed by atoms with van der Waals surface area (Å²) in [5, 5.41) is 9.64. The number of benzene rings is 1. The van der Waals surface area contributed by atoms with Gasteiger partial charge < -0.3 is 10.0 Å². The SMILES string of the molecule is Cc1cc(C)c(CC(=O)N2C[C@@H]3CCC[C@@]3(C(=O)O)C2)c(C)c1. The predicted molar refractivity (Wildman–Crippen MR) is 88.3 cm³/mol. The van der Waals surface area contributed by atoms with E-state index in [4.69, 9.17) is 0 Å². The first-order valence-electron chi connectivity index (χ1n) is 8.41. The molecule has 23 heavy (non-hydrogen) atoms. The number of hydrogen-bond donors (Lipinski definition) is 1. The molecular weight excluding hydrogens is 290 g/mol. The molecule has 2 aliphatic rings. The zero-order valence-corrected chi connectivity index (χ0v) is 14.2. The van der Waals surface area contributed by atoms with Gasteiger partial charge >= 0.3 is 5.97 Å². The van der Waals surface area contributed by atoms with Crippen LogP contribution in [-0.4, -0.2) is 35.0 Å². The molecule has 124 valence electrons. The van der Waals surface area contributed by atoms with Crippen LogP contribution < -0.4 is 0 Å². The van der Waals surface area contributed by atoms with E-state index in [1.165, 1.54) is 5.56 Å². The molecule has 0 spiro atoms. The monoisotopic (exact) mass is 315 g/mol. The minimum absolute atomic E-state index is 0.0649. The Morgan fingerprint density at radius 1 is 1.26 bits per heavy atom. The van der Waals surface area contributed by atoms with Crippen molar-refractivity contribution in [3.8, 4) is 0 Å². The molecular formula is C19H25NO3. The second-order valence-corrected chi connectivity index (χ2v) is 7.38. The second kappa shape index (κ2) is 5.66. The van der Waals surface area contributed by atoms with Crippen molar-refractivity contribution in [1.29, 1.82) is 0 Å². The van der Waals surface area contributed by atoms with Crippen LogP contribution in [-0.2, 0) is 16.0 Å². The summed E-state index contributed by atoms with van der Waals surface area (Å²) >= 11 is 0. The van der Waals surface area contributed by atoms with Gasteiger partial charge in [-0.25, -0.2) is 0 Å². The Labute approximate surface area is 137 Å². The second-order valence-electron chi connectivity index (χ2n) is 7.38. The number of aliphatic carboxylic acids is 1. The molecule has 1 heterocycles. The third-order valence-electron chi connectivity index (χ3n) is 5.82. The van der Waals surface area contributed by atoms with Gasteiger partial charge in [-0.3, -0.25) is 9.59 Å². The van der Waals surface area contributed by atoms with E-state index >= 15 is 0 Å². The summed E-state index contributed by atoms with van der Waals surface area (Å²) in [7, 11) is 0. The number of carbonyl (C=O) groups is 2. The Morgan fingerprint density at radius 3 is 2.48 bits per heavy atom. The Morgan fingerprint density at radius 2 is 1.91 bits per heavy atom. The highest BCUT2D eigenvalue weighted by Gasteiger charge is 2.55. The lowest BCUT2D eigenvalue weighted by Gasteiger charge is -2.23. The Bertz CT molecular complexity index is 644. The summed E-state index contributed by atoms with van der Waals surface area (Å²) in [6.07, 6.45) is 2.98. The third kappa shape index (κ3) is 2.64. The Kier molecular flexibility index (Phi) is 3.95. The number of carboxylic acids is 1. The van der Waals surface area contributed by atoms with Crippen molar-refractivity contribution in [2.75, 3.05) is 13.1 Å². The number of carboxylic acid groups (broad SMARTS) is 1. The fourth-order valence-corrected chi connectivity index (χ4v) is 4.58. The molecule has 2 atom stereocenters. The Balaban J connectivity index is 1.77. The summed E-state index contributed by atoms with van der Waals surface area (Å²) in [5.41, 5.74) is 3.89. The van der Waals surface area contributed by atoms with Crippen LogP contribution in [0.3, 0.4) is 0 Å². The van der Waals surface area contributed by atoms with E-state index in [0.29, 0.717) is 25.9 Å². The molecule has 3 rings (SSSR count). The normalized spacial score (nSPS) is 26.4. The van der Waals surface area contributed by atoms with E-state index in [9.17, 15) is 14.7 Å². The van der Waals surface area contributed by atoms with Gasteiger partial charge in [0, 0.05) is 13.1 Å². The van der Waals surface area contributed by atoms with E-state index < -0.39 is 11.4 Å². The van der Waals surface area contributed by atoms with Crippen molar-refractivity contribution in [2.45, 2.75) is 46.5 Å². The van der Waals surface area contributed by atoms with Crippen molar-refractivity contribution in [3.63, 3.8) is 0 Å². The number of aryl methyl sites for hydroxylation is 3. The average Bonchev–Trinajstić information content (AvgIpc) is 3.00. The van der Waals surface area contributed by atoms with E-state index in [1.54, 1.807) is 4.90 Å². The molecule has 1 aromatic rings. The molecule has 0 radical (unpaired) electrons. The number of nitrogens with zero attached hydrogens (tertiary/aromatic N) is 1. The number of carbonyl (C=O) groups excluding carboxylic acids is 1. The number of likely N-dealkylation sites (tertiary alicyclic amines) is 1. The van der Waals surface area contributed by atoms with Gasteiger partial charge in [0.15, 0.2) is 0 Å². The lowest BCUT2D eigenvalue weighted by Crippen LogP contribution is -2.37. The molecule has 1 N–H and O–H groups in total. The quantitative estimate of drug-likeness (QED) is 0.933. The molecule has 4 heteroatoms. The summed E-state index contributed by atoms with van der Waals surface area (Å²) in [5.74, 6) is -0.530. The van der Waals surface area contributed by atoms with Crippen LogP contribution in [0.5, 0.6) is 0 Å². The van der Waals surface area contributed by atoms with Gasteiger partial charge in [-0.2, -0.15) is 0 Å². The van der Waals surface area contributed by atoms with Crippen molar-refractivity contribution in [2.24, 2.45) is 11.3 Å². The van der Waals surface area contributed by atoms with Gasteiger partial charge in [-0.1, -0.05) is 24.1 Å². The van der Waals surface area contributed by atoms with Crippen molar-refractivity contribution in [1.82, 2.24) is 4.90 Å².